The molecule has 0 aliphatic rings. The number of benzene rings is 1. The molecule has 152 valence electrons. The zero-order chi connectivity index (χ0) is 21.1. The Hall–Kier alpha value is -3.04. The van der Waals surface area contributed by atoms with Crippen LogP contribution in [0.5, 0.6) is 0 Å². The monoisotopic (exact) mass is 391 g/mol. The Kier molecular flexibility index (Phi) is 9.55. The summed E-state index contributed by atoms with van der Waals surface area (Å²) in [6.45, 7) is 5.20. The zero-order valence-electron chi connectivity index (χ0n) is 15.7. The minimum absolute atomic E-state index is 0.892. The number of hydrogen-bond donors (Lipinski definition) is 5. The number of aliphatic hydroxyl groups is 2. The van der Waals surface area contributed by atoms with Crippen LogP contribution in [-0.2, 0) is 9.59 Å². The Morgan fingerprint density at radius 2 is 1.61 bits per heavy atom. The third-order valence-electron chi connectivity index (χ3n) is 3.68. The molecule has 0 radical (unpaired) electrons. The number of aryl methyl sites for hydroxylation is 1. The fourth-order valence-corrected chi connectivity index (χ4v) is 2.06. The second-order valence-corrected chi connectivity index (χ2v) is 5.97. The van der Waals surface area contributed by atoms with E-state index in [1.165, 1.54) is 6.42 Å². The van der Waals surface area contributed by atoms with Gasteiger partial charge in [0.25, 0.3) is 0 Å². The highest BCUT2D eigenvalue weighted by molar-refractivity contribution is 5.83. The lowest BCUT2D eigenvalue weighted by Gasteiger charge is -2.08. The van der Waals surface area contributed by atoms with Crippen molar-refractivity contribution in [3.63, 3.8) is 0 Å². The maximum atomic E-state index is 9.77. The molecule has 2 aromatic rings. The smallest absolute Gasteiger partial charge is 0.335 e. The Morgan fingerprint density at radius 3 is 2.07 bits per heavy atom. The van der Waals surface area contributed by atoms with Crippen molar-refractivity contribution in [1.29, 1.82) is 0 Å². The van der Waals surface area contributed by atoms with Crippen molar-refractivity contribution in [1.82, 2.24) is 10.2 Å². The molecule has 1 aromatic carbocycles. The highest BCUT2D eigenvalue weighted by Gasteiger charge is 2.29. The summed E-state index contributed by atoms with van der Waals surface area (Å²) in [4.78, 5) is 19.5. The number of aliphatic hydroxyl groups excluding tert-OH is 2. The minimum Gasteiger partial charge on any atom is -0.479 e. The molecule has 0 aliphatic carbocycles. The van der Waals surface area contributed by atoms with Gasteiger partial charge < -0.3 is 25.7 Å². The van der Waals surface area contributed by atoms with Gasteiger partial charge in [-0.05, 0) is 25.0 Å². The molecule has 2 rings (SSSR count). The number of carboxylic acid groups (broad SMARTS) is 2. The highest BCUT2D eigenvalue weighted by Crippen LogP contribution is 2.19. The molecule has 5 N–H and O–H groups in total. The van der Waals surface area contributed by atoms with E-state index in [1.807, 2.05) is 30.3 Å². The van der Waals surface area contributed by atoms with Gasteiger partial charge in [-0.3, -0.25) is 0 Å². The van der Waals surface area contributed by atoms with Gasteiger partial charge in [-0.15, -0.1) is 10.2 Å². The molecule has 0 unspecified atom stereocenters. The summed E-state index contributed by atoms with van der Waals surface area (Å²) in [6, 6.07) is 12.2. The molecule has 1 aromatic heterocycles. The lowest BCUT2D eigenvalue weighted by atomic mass is 10.1. The molecule has 1 heterocycles. The molecule has 2 atom stereocenters. The van der Waals surface area contributed by atoms with Crippen LogP contribution >= 0.6 is 0 Å². The van der Waals surface area contributed by atoms with Crippen molar-refractivity contribution in [3.05, 3.63) is 42.0 Å². The zero-order valence-corrected chi connectivity index (χ0v) is 15.7. The van der Waals surface area contributed by atoms with Crippen LogP contribution in [-0.4, -0.2) is 61.3 Å². The van der Waals surface area contributed by atoms with Crippen molar-refractivity contribution in [3.8, 4) is 11.3 Å². The van der Waals surface area contributed by atoms with E-state index in [0.717, 1.165) is 35.6 Å². The van der Waals surface area contributed by atoms with Gasteiger partial charge in [-0.25, -0.2) is 9.59 Å². The maximum absolute atomic E-state index is 9.77. The predicted molar refractivity (Wildman–Crippen MR) is 103 cm³/mol. The summed E-state index contributed by atoms with van der Waals surface area (Å²) < 4.78 is 0. The first-order chi connectivity index (χ1) is 13.3. The molecule has 9 heteroatoms. The number of anilines is 1. The Bertz CT molecular complexity index is 752. The molecule has 0 aliphatic heterocycles. The van der Waals surface area contributed by atoms with E-state index >= 15 is 0 Å². The average Bonchev–Trinajstić information content (AvgIpc) is 2.69. The molecular formula is C19H25N3O6. The summed E-state index contributed by atoms with van der Waals surface area (Å²) in [6.07, 6.45) is -2.20. The van der Waals surface area contributed by atoms with Crippen LogP contribution in [0.4, 0.5) is 5.82 Å². The molecule has 0 amide bonds. The number of rotatable bonds is 8. The third-order valence-corrected chi connectivity index (χ3v) is 3.68. The van der Waals surface area contributed by atoms with Gasteiger partial charge in [-0.1, -0.05) is 43.7 Å². The van der Waals surface area contributed by atoms with E-state index in [2.05, 4.69) is 35.4 Å². The second-order valence-electron chi connectivity index (χ2n) is 5.97. The Labute approximate surface area is 162 Å². The summed E-state index contributed by atoms with van der Waals surface area (Å²) in [5.41, 5.74) is 3.17. The van der Waals surface area contributed by atoms with Gasteiger partial charge in [0.2, 0.25) is 0 Å². The first-order valence-corrected chi connectivity index (χ1v) is 8.73. The normalized spacial score (nSPS) is 12.3. The third kappa shape index (κ3) is 7.29. The van der Waals surface area contributed by atoms with Crippen LogP contribution in [0.25, 0.3) is 11.3 Å². The number of unbranched alkanes of at least 4 members (excludes halogenated alkanes) is 1. The number of nitrogens with zero attached hydrogens (tertiary/aromatic N) is 2. The van der Waals surface area contributed by atoms with Crippen molar-refractivity contribution >= 4 is 17.8 Å². The lowest BCUT2D eigenvalue weighted by molar-refractivity contribution is -0.165. The molecule has 0 saturated heterocycles. The first kappa shape index (κ1) is 23.0. The van der Waals surface area contributed by atoms with Crippen LogP contribution in [0.15, 0.2) is 36.4 Å². The molecule has 0 bridgehead atoms. The fourth-order valence-electron chi connectivity index (χ4n) is 2.06. The van der Waals surface area contributed by atoms with Gasteiger partial charge in [0.05, 0.1) is 5.69 Å². The van der Waals surface area contributed by atoms with Crippen LogP contribution in [0.3, 0.4) is 0 Å². The average molecular weight is 391 g/mol. The topological polar surface area (TPSA) is 153 Å². The van der Waals surface area contributed by atoms with E-state index in [-0.39, 0.29) is 0 Å². The SMILES string of the molecule is CCCCNc1nnc(-c2ccccc2)cc1C.O=C(O)[C@H](O)[C@@H](O)C(=O)O. The van der Waals surface area contributed by atoms with E-state index in [9.17, 15) is 9.59 Å². The Morgan fingerprint density at radius 1 is 1.04 bits per heavy atom. The predicted octanol–water partition coefficient (Wildman–Crippen LogP) is 1.54. The molecule has 9 nitrogen and oxygen atoms in total. The number of nitrogens with one attached hydrogen (secondary N) is 1. The van der Waals surface area contributed by atoms with Gasteiger partial charge >= 0.3 is 11.9 Å². The number of aromatic nitrogens is 2. The number of carbonyl (C=O) groups is 2. The summed E-state index contributed by atoms with van der Waals surface area (Å²) >= 11 is 0. The molecule has 0 spiro atoms. The van der Waals surface area contributed by atoms with Gasteiger partial charge in [0.15, 0.2) is 18.0 Å². The number of aliphatic carboxylic acids is 2. The van der Waals surface area contributed by atoms with E-state index < -0.39 is 24.1 Å². The van der Waals surface area contributed by atoms with Crippen LogP contribution in [0.2, 0.25) is 0 Å². The van der Waals surface area contributed by atoms with Crippen LogP contribution in [0, 0.1) is 6.92 Å². The van der Waals surface area contributed by atoms with Crippen LogP contribution < -0.4 is 5.32 Å². The maximum Gasteiger partial charge on any atom is 0.335 e. The lowest BCUT2D eigenvalue weighted by Crippen LogP contribution is -2.39. The minimum atomic E-state index is -2.27. The van der Waals surface area contributed by atoms with Gasteiger partial charge in [0.1, 0.15) is 0 Å². The first-order valence-electron chi connectivity index (χ1n) is 8.73. The molecular weight excluding hydrogens is 366 g/mol. The highest BCUT2D eigenvalue weighted by atomic mass is 16.4. The van der Waals surface area contributed by atoms with E-state index in [4.69, 9.17) is 20.4 Å². The number of hydrogen-bond acceptors (Lipinski definition) is 7. The largest absolute Gasteiger partial charge is 0.479 e. The van der Waals surface area contributed by atoms with Gasteiger partial charge in [-0.2, -0.15) is 0 Å². The number of carboxylic acids is 2. The van der Waals surface area contributed by atoms with Crippen LogP contribution in [0.1, 0.15) is 25.3 Å². The molecule has 0 fully saturated rings. The van der Waals surface area contributed by atoms with Gasteiger partial charge in [0, 0.05) is 12.1 Å². The van der Waals surface area contributed by atoms with Crippen molar-refractivity contribution in [2.45, 2.75) is 38.9 Å². The molecule has 0 saturated carbocycles. The summed E-state index contributed by atoms with van der Waals surface area (Å²) in [5, 5.41) is 44.4. The van der Waals surface area contributed by atoms with Crippen molar-refractivity contribution < 1.29 is 30.0 Å². The standard InChI is InChI=1S/C15H19N3.C4H6O6/c1-3-4-10-16-15-12(2)11-14(17-18-15)13-8-6-5-7-9-13;5-1(3(7)8)2(6)4(9)10/h5-9,11H,3-4,10H2,1-2H3,(H,16,18);1-2,5-6H,(H,7,8)(H,9,10)/t;1-,2-/m.1/s1. The summed E-state index contributed by atoms with van der Waals surface area (Å²) in [7, 11) is 0. The van der Waals surface area contributed by atoms with E-state index in [0.29, 0.717) is 0 Å². The van der Waals surface area contributed by atoms with Crippen molar-refractivity contribution in [2.75, 3.05) is 11.9 Å². The fraction of sp³-hybridized carbons (Fsp3) is 0.368. The summed E-state index contributed by atoms with van der Waals surface area (Å²) in [5.74, 6) is -2.65. The quantitative estimate of drug-likeness (QED) is 0.422. The second kappa shape index (κ2) is 11.6. The van der Waals surface area contributed by atoms with E-state index in [1.54, 1.807) is 0 Å². The Balaban J connectivity index is 0.000000336. The molecule has 28 heavy (non-hydrogen) atoms. The van der Waals surface area contributed by atoms with Crippen molar-refractivity contribution in [2.24, 2.45) is 0 Å².